The summed E-state index contributed by atoms with van der Waals surface area (Å²) in [5, 5.41) is 41.5. The van der Waals surface area contributed by atoms with Gasteiger partial charge in [-0.25, -0.2) is 0 Å². The number of aliphatic hydroxyl groups is 2. The first-order valence-corrected chi connectivity index (χ1v) is 22.4. The molecule has 0 aromatic heterocycles. The Balaban J connectivity index is 1.19. The molecule has 0 radical (unpaired) electrons. The molecule has 4 atom stereocenters. The van der Waals surface area contributed by atoms with E-state index >= 15 is 0 Å². The molecule has 3 saturated carbocycles. The highest BCUT2D eigenvalue weighted by Gasteiger charge is 2.50. The van der Waals surface area contributed by atoms with E-state index in [1.807, 2.05) is 32.1 Å². The number of aryl methyl sites for hydroxylation is 2. The van der Waals surface area contributed by atoms with E-state index in [9.17, 15) is 20.4 Å². The van der Waals surface area contributed by atoms with Crippen molar-refractivity contribution in [3.8, 4) is 11.5 Å². The number of hydrogen-bond acceptors (Lipinski definition) is 4. The van der Waals surface area contributed by atoms with Crippen LogP contribution in [0.5, 0.6) is 11.5 Å². The van der Waals surface area contributed by atoms with Crippen LogP contribution in [-0.4, -0.2) is 26.5 Å². The van der Waals surface area contributed by atoms with Gasteiger partial charge in [0.1, 0.15) is 17.3 Å². The molecule has 0 bridgehead atoms. The van der Waals surface area contributed by atoms with Gasteiger partial charge in [-0.15, -0.1) is 0 Å². The number of aliphatic hydroxyl groups excluding tert-OH is 2. The molecule has 2 aromatic carbocycles. The number of allylic oxidation sites excluding steroid dienone is 6. The minimum atomic E-state index is -0.434. The summed E-state index contributed by atoms with van der Waals surface area (Å²) in [5.41, 5.74) is 7.21. The van der Waals surface area contributed by atoms with Crippen molar-refractivity contribution in [2.45, 2.75) is 156 Å². The molecule has 0 aliphatic heterocycles. The van der Waals surface area contributed by atoms with E-state index in [0.717, 1.165) is 56.1 Å². The predicted molar refractivity (Wildman–Crippen MR) is 238 cm³/mol. The van der Waals surface area contributed by atoms with Crippen LogP contribution < -0.4 is 0 Å². The van der Waals surface area contributed by atoms with Gasteiger partial charge in [0, 0.05) is 16.7 Å². The van der Waals surface area contributed by atoms with E-state index in [1.54, 1.807) is 6.08 Å². The van der Waals surface area contributed by atoms with Crippen molar-refractivity contribution in [1.29, 1.82) is 0 Å². The molecule has 310 valence electrons. The third-order valence-corrected chi connectivity index (χ3v) is 16.5. The Kier molecular flexibility index (Phi) is 12.9. The lowest BCUT2D eigenvalue weighted by Gasteiger charge is -2.54. The third-order valence-electron chi connectivity index (χ3n) is 16.5. The quantitative estimate of drug-likeness (QED) is 0.135. The maximum atomic E-state index is 10.6. The molecule has 2 aromatic rings. The average molecular weight is 775 g/mol. The van der Waals surface area contributed by atoms with Crippen LogP contribution in [0.15, 0.2) is 96.3 Å². The molecule has 0 amide bonds. The Labute approximate surface area is 345 Å². The number of phenolic OH excluding ortho intramolecular Hbond substituents is 2. The molecule has 3 fully saturated rings. The number of benzene rings is 2. The summed E-state index contributed by atoms with van der Waals surface area (Å²) in [6.07, 6.45) is 27.4. The van der Waals surface area contributed by atoms with E-state index < -0.39 is 6.10 Å². The molecule has 4 aliphatic carbocycles. The van der Waals surface area contributed by atoms with Gasteiger partial charge in [-0.1, -0.05) is 109 Å². The van der Waals surface area contributed by atoms with E-state index in [4.69, 9.17) is 0 Å². The smallest absolute Gasteiger partial charge is 0.118 e. The highest BCUT2D eigenvalue weighted by atomic mass is 16.3. The van der Waals surface area contributed by atoms with Gasteiger partial charge in [0.15, 0.2) is 0 Å². The van der Waals surface area contributed by atoms with Crippen LogP contribution in [0.4, 0.5) is 0 Å². The molecule has 4 nitrogen and oxygen atoms in total. The Hall–Kier alpha value is -3.50. The highest BCUT2D eigenvalue weighted by Crippen LogP contribution is 2.59. The van der Waals surface area contributed by atoms with Gasteiger partial charge in [-0.2, -0.15) is 0 Å². The molecule has 4 aliphatic rings. The lowest BCUT2D eigenvalue weighted by atomic mass is 9.51. The number of rotatable bonds is 11. The molecule has 4 N–H and O–H groups in total. The summed E-state index contributed by atoms with van der Waals surface area (Å²) in [4.78, 5) is 0. The van der Waals surface area contributed by atoms with Crippen LogP contribution in [0.1, 0.15) is 147 Å². The molecule has 3 unspecified atom stereocenters. The Bertz CT molecular complexity index is 1870. The van der Waals surface area contributed by atoms with Gasteiger partial charge >= 0.3 is 0 Å². The summed E-state index contributed by atoms with van der Waals surface area (Å²) in [7, 11) is 0. The van der Waals surface area contributed by atoms with E-state index in [2.05, 4.69) is 96.7 Å². The van der Waals surface area contributed by atoms with Crippen molar-refractivity contribution in [2.75, 3.05) is 0 Å². The molecule has 4 heteroatoms. The van der Waals surface area contributed by atoms with E-state index in [0.29, 0.717) is 35.2 Å². The molecule has 6 rings (SSSR count). The van der Waals surface area contributed by atoms with Gasteiger partial charge in [0.05, 0.1) is 6.10 Å². The monoisotopic (exact) mass is 775 g/mol. The molecular weight excluding hydrogens is 701 g/mol. The van der Waals surface area contributed by atoms with Crippen molar-refractivity contribution in [1.82, 2.24) is 0 Å². The average Bonchev–Trinajstić information content (AvgIpc) is 3.19. The second-order valence-corrected chi connectivity index (χ2v) is 20.1. The van der Waals surface area contributed by atoms with Crippen LogP contribution in [0.25, 0.3) is 0 Å². The summed E-state index contributed by atoms with van der Waals surface area (Å²) >= 11 is 0. The van der Waals surface area contributed by atoms with Gasteiger partial charge in [-0.3, -0.25) is 0 Å². The van der Waals surface area contributed by atoms with Gasteiger partial charge in [-0.05, 0) is 177 Å². The fourth-order valence-corrected chi connectivity index (χ4v) is 12.3. The maximum absolute atomic E-state index is 10.6. The second kappa shape index (κ2) is 17.0. The standard InChI is InChI=1S/C53H74O4/c1-10-12-41(16-15-38(5)54)52(44-17-20-47(55)35(2)31-44)27-23-39(24-28-52)50(6,7)42-13-11-14-43(34-42)51(8,9)40-25-29-53(30-26-40,45-18-21-48(56)36(3)32-45)46-19-22-49(57)37(4)33-46/h12,15-22,31-33,36,39-40,42-43,48,54-57H,5,10-11,13-14,23-30,34H2,1-4,6-9H3/b16-15-,41-12+/t36?,39?,40?,42?,43?,48-,52?,53?/m1/s1. The zero-order chi connectivity index (χ0) is 41.3. The topological polar surface area (TPSA) is 80.9 Å². The third kappa shape index (κ3) is 8.50. The molecule has 0 heterocycles. The summed E-state index contributed by atoms with van der Waals surface area (Å²) in [5.74, 6) is 3.55. The Morgan fingerprint density at radius 1 is 0.772 bits per heavy atom. The second-order valence-electron chi connectivity index (χ2n) is 20.1. The molecule has 0 saturated heterocycles. The largest absolute Gasteiger partial charge is 0.509 e. The summed E-state index contributed by atoms with van der Waals surface area (Å²) < 4.78 is 0. The van der Waals surface area contributed by atoms with Crippen molar-refractivity contribution >= 4 is 0 Å². The van der Waals surface area contributed by atoms with Gasteiger partial charge < -0.3 is 20.4 Å². The maximum Gasteiger partial charge on any atom is 0.118 e. The van der Waals surface area contributed by atoms with Crippen molar-refractivity contribution in [3.63, 3.8) is 0 Å². The molecule has 0 spiro atoms. The zero-order valence-electron chi connectivity index (χ0n) is 36.6. The first-order valence-electron chi connectivity index (χ1n) is 22.4. The fraction of sp³-hybridized carbons (Fsp3) is 0.585. The van der Waals surface area contributed by atoms with Crippen molar-refractivity contribution in [2.24, 2.45) is 40.4 Å². The Morgan fingerprint density at radius 2 is 1.30 bits per heavy atom. The number of phenols is 2. The lowest BCUT2D eigenvalue weighted by Crippen LogP contribution is -2.45. The Morgan fingerprint density at radius 3 is 1.81 bits per heavy atom. The summed E-state index contributed by atoms with van der Waals surface area (Å²) in [6, 6.07) is 12.4. The first-order chi connectivity index (χ1) is 26.9. The first kappa shape index (κ1) is 43.1. The molecular formula is C53H74O4. The lowest BCUT2D eigenvalue weighted by molar-refractivity contribution is -0.0162. The minimum Gasteiger partial charge on any atom is -0.509 e. The van der Waals surface area contributed by atoms with Crippen LogP contribution in [0.3, 0.4) is 0 Å². The van der Waals surface area contributed by atoms with Crippen LogP contribution >= 0.6 is 0 Å². The summed E-state index contributed by atoms with van der Waals surface area (Å²) in [6.45, 7) is 22.4. The SMILES string of the molecule is C=C(O)/C=C\C(=C/CC)C1(c2ccc(O)c(C)c2)CCC(C(C)(C)C2CCCC(C(C)(C)C3CCC(C4=CC(C)[C@H](O)C=C4)(c4ccc(O)c(C)c4)CC3)C2)CC1. The van der Waals surface area contributed by atoms with Crippen LogP contribution in [-0.2, 0) is 10.8 Å². The van der Waals surface area contributed by atoms with Gasteiger partial charge in [0.2, 0.25) is 0 Å². The normalized spacial score (nSPS) is 31.7. The van der Waals surface area contributed by atoms with E-state index in [1.165, 1.54) is 60.8 Å². The van der Waals surface area contributed by atoms with E-state index in [-0.39, 0.29) is 33.3 Å². The van der Waals surface area contributed by atoms with Crippen molar-refractivity contribution in [3.05, 3.63) is 119 Å². The van der Waals surface area contributed by atoms with Crippen LogP contribution in [0, 0.1) is 54.3 Å². The van der Waals surface area contributed by atoms with Gasteiger partial charge in [0.25, 0.3) is 0 Å². The zero-order valence-corrected chi connectivity index (χ0v) is 36.6. The molecule has 57 heavy (non-hydrogen) atoms. The predicted octanol–water partition coefficient (Wildman–Crippen LogP) is 13.6. The number of aromatic hydroxyl groups is 2. The number of hydrogen-bond donors (Lipinski definition) is 4. The van der Waals surface area contributed by atoms with Crippen LogP contribution in [0.2, 0.25) is 0 Å². The highest BCUT2D eigenvalue weighted by molar-refractivity contribution is 5.49. The fourth-order valence-electron chi connectivity index (χ4n) is 12.3. The minimum absolute atomic E-state index is 0.0766. The van der Waals surface area contributed by atoms with Crippen molar-refractivity contribution < 1.29 is 20.4 Å².